The lowest BCUT2D eigenvalue weighted by Crippen LogP contribution is -2.36. The van der Waals surface area contributed by atoms with Gasteiger partial charge in [-0.15, -0.1) is 0 Å². The molecule has 0 bridgehead atoms. The maximum Gasteiger partial charge on any atom is 0.324 e. The second kappa shape index (κ2) is 12.5. The van der Waals surface area contributed by atoms with Gasteiger partial charge in [0.25, 0.3) is 11.8 Å². The number of nitrogens with zero attached hydrogens (tertiary/aromatic N) is 5. The van der Waals surface area contributed by atoms with E-state index in [1.807, 2.05) is 30.3 Å². The molecular weight excluding hydrogens is 484 g/mol. The van der Waals surface area contributed by atoms with E-state index in [4.69, 9.17) is 11.6 Å². The van der Waals surface area contributed by atoms with Crippen LogP contribution in [0.2, 0.25) is 5.28 Å². The van der Waals surface area contributed by atoms with Gasteiger partial charge in [-0.05, 0) is 30.0 Å². The number of hydrogen-bond donors (Lipinski definition) is 1. The monoisotopic (exact) mass is 516 g/mol. The van der Waals surface area contributed by atoms with Crippen LogP contribution in [0.25, 0.3) is 0 Å². The Balaban J connectivity index is 1.60. The summed E-state index contributed by atoms with van der Waals surface area (Å²) >= 11 is 6.19. The molecule has 36 heavy (non-hydrogen) atoms. The lowest BCUT2D eigenvalue weighted by molar-refractivity contribution is -0.127. The molecule has 2 heterocycles. The predicted octanol–water partition coefficient (Wildman–Crippen LogP) is 2.85. The third-order valence-electron chi connectivity index (χ3n) is 6.24. The number of urea groups is 1. The molecule has 1 aromatic heterocycles. The zero-order valence-corrected chi connectivity index (χ0v) is 21.7. The topological polar surface area (TPSA) is 108 Å². The molecule has 1 aliphatic rings. The molecule has 10 nitrogen and oxygen atoms in total. The van der Waals surface area contributed by atoms with E-state index in [2.05, 4.69) is 17.2 Å². The van der Waals surface area contributed by atoms with Gasteiger partial charge in [-0.3, -0.25) is 24.2 Å². The molecule has 0 aliphatic carbocycles. The number of carbonyl (C=O) groups excluding carboxylic acids is 4. The summed E-state index contributed by atoms with van der Waals surface area (Å²) < 4.78 is 1.46. The number of unbranched alkanes of at least 4 members (excludes halogenated alkanes) is 2. The highest BCUT2D eigenvalue weighted by Gasteiger charge is 2.37. The Kier molecular flexibility index (Phi) is 9.46. The first kappa shape index (κ1) is 27.2. The highest BCUT2D eigenvalue weighted by molar-refractivity contribution is 6.29. The number of nitrogens with one attached hydrogen (secondary N) is 1. The van der Waals surface area contributed by atoms with Crippen molar-refractivity contribution in [3.05, 3.63) is 46.9 Å². The first-order chi connectivity index (χ1) is 17.3. The third-order valence-corrected chi connectivity index (χ3v) is 6.58. The van der Waals surface area contributed by atoms with Gasteiger partial charge >= 0.3 is 6.03 Å². The van der Waals surface area contributed by atoms with Crippen LogP contribution in [0.3, 0.4) is 0 Å². The molecule has 11 heteroatoms. The molecule has 0 saturated carbocycles. The van der Waals surface area contributed by atoms with Crippen LogP contribution in [-0.4, -0.2) is 76.3 Å². The van der Waals surface area contributed by atoms with Gasteiger partial charge in [-0.25, -0.2) is 4.79 Å². The minimum Gasteiger partial charge on any atom is -0.340 e. The molecule has 1 aliphatic heterocycles. The van der Waals surface area contributed by atoms with Crippen LogP contribution in [0, 0.1) is 0 Å². The van der Waals surface area contributed by atoms with E-state index in [0.29, 0.717) is 32.3 Å². The summed E-state index contributed by atoms with van der Waals surface area (Å²) in [7, 11) is 3.24. The Morgan fingerprint density at radius 1 is 1.17 bits per heavy atom. The summed E-state index contributed by atoms with van der Waals surface area (Å²) in [6.45, 7) is 2.98. The van der Waals surface area contributed by atoms with Crippen LogP contribution in [0.4, 0.5) is 10.6 Å². The molecule has 1 N–H and O–H groups in total. The van der Waals surface area contributed by atoms with Gasteiger partial charge in [-0.1, -0.05) is 50.1 Å². The number of halogens is 1. The molecule has 1 fully saturated rings. The number of hydrogen-bond acceptors (Lipinski definition) is 5. The average molecular weight is 517 g/mol. The van der Waals surface area contributed by atoms with Crippen LogP contribution < -0.4 is 10.2 Å². The first-order valence-corrected chi connectivity index (χ1v) is 12.5. The lowest BCUT2D eigenvalue weighted by atomic mass is 10.1. The number of aromatic nitrogens is 2. The number of rotatable bonds is 13. The molecule has 1 aromatic carbocycles. The van der Waals surface area contributed by atoms with Gasteiger partial charge in [0, 0.05) is 40.2 Å². The smallest absolute Gasteiger partial charge is 0.324 e. The minimum atomic E-state index is -0.597. The van der Waals surface area contributed by atoms with Crippen molar-refractivity contribution in [2.24, 2.45) is 7.05 Å². The normalized spacial score (nSPS) is 15.2. The van der Waals surface area contributed by atoms with Crippen LogP contribution in [0.5, 0.6) is 0 Å². The van der Waals surface area contributed by atoms with E-state index in [-0.39, 0.29) is 35.2 Å². The van der Waals surface area contributed by atoms with Gasteiger partial charge in [-0.2, -0.15) is 4.98 Å². The molecule has 3 rings (SSSR count). The Bertz CT molecular complexity index is 1090. The number of imide groups is 1. The van der Waals surface area contributed by atoms with Crippen molar-refractivity contribution < 1.29 is 19.2 Å². The molecule has 1 unspecified atom stereocenters. The fourth-order valence-electron chi connectivity index (χ4n) is 4.16. The highest BCUT2D eigenvalue weighted by Crippen LogP contribution is 2.24. The quantitative estimate of drug-likeness (QED) is 0.250. The molecule has 5 amide bonds. The Labute approximate surface area is 216 Å². The number of carbonyl (C=O) groups is 4. The van der Waals surface area contributed by atoms with Gasteiger partial charge in [0.1, 0.15) is 6.04 Å². The second-order valence-corrected chi connectivity index (χ2v) is 9.22. The molecule has 194 valence electrons. The summed E-state index contributed by atoms with van der Waals surface area (Å²) in [5.74, 6) is -0.399. The van der Waals surface area contributed by atoms with Gasteiger partial charge in [0.15, 0.2) is 11.5 Å². The van der Waals surface area contributed by atoms with Crippen LogP contribution in [0.15, 0.2) is 30.3 Å². The zero-order chi connectivity index (χ0) is 26.2. The molecule has 0 spiro atoms. The third kappa shape index (κ3) is 6.23. The van der Waals surface area contributed by atoms with Crippen LogP contribution >= 0.6 is 11.6 Å². The van der Waals surface area contributed by atoms with E-state index < -0.39 is 12.1 Å². The van der Waals surface area contributed by atoms with Crippen molar-refractivity contribution in [2.75, 3.05) is 31.6 Å². The number of benzene rings is 1. The standard InChI is InChI=1S/C25H33ClN6O4/c1-4-5-9-14-31(17-33)21-20(30(3)24(26)28-21)23(35)29(2)13-10-15-32-22(34)19(27-25(32)36)16-18-11-7-6-8-12-18/h6-8,11-12,17,19H,4-5,9-10,13-16H2,1-3H3,(H,27,36). The molecule has 2 aromatic rings. The highest BCUT2D eigenvalue weighted by atomic mass is 35.5. The fraction of sp³-hybridized carbons (Fsp3) is 0.480. The summed E-state index contributed by atoms with van der Waals surface area (Å²) in [6, 6.07) is 8.48. The second-order valence-electron chi connectivity index (χ2n) is 8.88. The van der Waals surface area contributed by atoms with Crippen LogP contribution in [0.1, 0.15) is 48.7 Å². The maximum absolute atomic E-state index is 13.3. The maximum atomic E-state index is 13.3. The van der Waals surface area contributed by atoms with E-state index >= 15 is 0 Å². The molecule has 0 radical (unpaired) electrons. The SMILES string of the molecule is CCCCCN(C=O)c1nc(Cl)n(C)c1C(=O)N(C)CCCN1C(=O)NC(Cc2ccccc2)C1=O. The van der Waals surface area contributed by atoms with Crippen molar-refractivity contribution in [1.29, 1.82) is 0 Å². The predicted molar refractivity (Wildman–Crippen MR) is 137 cm³/mol. The summed E-state index contributed by atoms with van der Waals surface area (Å²) in [6.07, 6.45) is 4.21. The lowest BCUT2D eigenvalue weighted by Gasteiger charge is -2.22. The van der Waals surface area contributed by atoms with E-state index in [1.165, 1.54) is 19.3 Å². The largest absolute Gasteiger partial charge is 0.340 e. The van der Waals surface area contributed by atoms with Gasteiger partial charge in [0.2, 0.25) is 11.7 Å². The minimum absolute atomic E-state index is 0.105. The van der Waals surface area contributed by atoms with Gasteiger partial charge in [0.05, 0.1) is 0 Å². The zero-order valence-electron chi connectivity index (χ0n) is 20.9. The Morgan fingerprint density at radius 3 is 2.56 bits per heavy atom. The number of imidazole rings is 1. The number of amides is 5. The first-order valence-electron chi connectivity index (χ1n) is 12.1. The van der Waals surface area contributed by atoms with E-state index in [9.17, 15) is 19.2 Å². The van der Waals surface area contributed by atoms with Crippen molar-refractivity contribution >= 4 is 41.7 Å². The van der Waals surface area contributed by atoms with Crippen molar-refractivity contribution in [2.45, 2.75) is 45.1 Å². The average Bonchev–Trinajstić information content (AvgIpc) is 3.31. The Hall–Kier alpha value is -3.40. The molecule has 1 atom stereocenters. The molecule has 1 saturated heterocycles. The van der Waals surface area contributed by atoms with Crippen LogP contribution in [-0.2, 0) is 23.1 Å². The fourth-order valence-corrected chi connectivity index (χ4v) is 4.33. The molecular formula is C25H33ClN6O4. The number of anilines is 1. The summed E-state index contributed by atoms with van der Waals surface area (Å²) in [5, 5.41) is 2.84. The van der Waals surface area contributed by atoms with Crippen molar-refractivity contribution in [3.8, 4) is 0 Å². The van der Waals surface area contributed by atoms with E-state index in [1.54, 1.807) is 14.1 Å². The summed E-state index contributed by atoms with van der Waals surface area (Å²) in [5.41, 5.74) is 1.18. The van der Waals surface area contributed by atoms with E-state index in [0.717, 1.165) is 24.8 Å². The van der Waals surface area contributed by atoms with Crippen molar-refractivity contribution in [1.82, 2.24) is 24.7 Å². The summed E-state index contributed by atoms with van der Waals surface area (Å²) in [4.78, 5) is 58.4. The van der Waals surface area contributed by atoms with Crippen molar-refractivity contribution in [3.63, 3.8) is 0 Å². The van der Waals surface area contributed by atoms with Gasteiger partial charge < -0.3 is 14.8 Å². The Morgan fingerprint density at radius 2 is 1.89 bits per heavy atom.